The number of carboxylic acids is 1. The van der Waals surface area contributed by atoms with E-state index in [0.29, 0.717) is 13.2 Å². The summed E-state index contributed by atoms with van der Waals surface area (Å²) in [5.74, 6) is -1.78. The molecule has 1 aromatic rings. The lowest BCUT2D eigenvalue weighted by molar-refractivity contribution is -0.192. The second-order valence-electron chi connectivity index (χ2n) is 7.19. The summed E-state index contributed by atoms with van der Waals surface area (Å²) >= 11 is 0. The maximum Gasteiger partial charge on any atom is 0.490 e. The summed E-state index contributed by atoms with van der Waals surface area (Å²) in [7, 11) is 0. The minimum absolute atomic E-state index is 0.0763. The van der Waals surface area contributed by atoms with Crippen molar-refractivity contribution in [2.45, 2.75) is 56.9 Å². The van der Waals surface area contributed by atoms with Crippen molar-refractivity contribution < 1.29 is 32.6 Å². The Morgan fingerprint density at radius 3 is 2.57 bits per heavy atom. The summed E-state index contributed by atoms with van der Waals surface area (Å²) in [6.07, 6.45) is -1.62. The molecule has 2 N–H and O–H groups in total. The van der Waals surface area contributed by atoms with Crippen LogP contribution in [-0.4, -0.2) is 59.3 Å². The molecular weight excluding hydrogens is 403 g/mol. The molecule has 2 aliphatic heterocycles. The zero-order chi connectivity index (χ0) is 22.3. The number of rotatable bonds is 4. The van der Waals surface area contributed by atoms with Gasteiger partial charge in [0, 0.05) is 12.6 Å². The molecule has 164 valence electrons. The molecule has 7 nitrogen and oxygen atoms in total. The number of ether oxygens (including phenoxy) is 1. The van der Waals surface area contributed by atoms with Crippen LogP contribution in [0, 0.1) is 18.3 Å². The number of nitriles is 1. The molecule has 3 rings (SSSR count). The summed E-state index contributed by atoms with van der Waals surface area (Å²) < 4.78 is 37.6. The van der Waals surface area contributed by atoms with Crippen molar-refractivity contribution in [2.75, 3.05) is 13.2 Å². The lowest BCUT2D eigenvalue weighted by Gasteiger charge is -2.24. The molecule has 0 bridgehead atoms. The number of benzene rings is 1. The van der Waals surface area contributed by atoms with Crippen molar-refractivity contribution in [1.29, 1.82) is 5.26 Å². The lowest BCUT2D eigenvalue weighted by atomic mass is 10.1. The molecule has 0 saturated carbocycles. The molecule has 3 atom stereocenters. The van der Waals surface area contributed by atoms with E-state index in [0.717, 1.165) is 37.0 Å². The third-order valence-electron chi connectivity index (χ3n) is 5.00. The normalized spacial score (nSPS) is 23.3. The highest BCUT2D eigenvalue weighted by Gasteiger charge is 2.38. The predicted molar refractivity (Wildman–Crippen MR) is 101 cm³/mol. The van der Waals surface area contributed by atoms with Crippen LogP contribution in [0.2, 0.25) is 0 Å². The van der Waals surface area contributed by atoms with Gasteiger partial charge in [0.2, 0.25) is 5.91 Å². The second kappa shape index (κ2) is 10.3. The van der Waals surface area contributed by atoms with Crippen molar-refractivity contribution in [3.05, 3.63) is 29.8 Å². The molecule has 2 saturated heterocycles. The number of aliphatic carboxylic acids is 1. The van der Waals surface area contributed by atoms with Gasteiger partial charge in [-0.05, 0) is 44.2 Å². The van der Waals surface area contributed by atoms with Gasteiger partial charge in [-0.2, -0.15) is 18.4 Å². The SMILES string of the molecule is Cc1ccccc1OC[C@H]1CC[C@@H](C(=O)N2CCC[C@H]2C#N)N1.O=C(O)C(F)(F)F. The van der Waals surface area contributed by atoms with E-state index < -0.39 is 12.1 Å². The van der Waals surface area contributed by atoms with Crippen molar-refractivity contribution in [3.63, 3.8) is 0 Å². The highest BCUT2D eigenvalue weighted by Crippen LogP contribution is 2.23. The van der Waals surface area contributed by atoms with E-state index in [1.807, 2.05) is 31.2 Å². The van der Waals surface area contributed by atoms with Gasteiger partial charge in [-0.15, -0.1) is 0 Å². The molecule has 0 radical (unpaired) electrons. The van der Waals surface area contributed by atoms with Crippen molar-refractivity contribution in [2.24, 2.45) is 0 Å². The van der Waals surface area contributed by atoms with Crippen LogP contribution < -0.4 is 10.1 Å². The topological polar surface area (TPSA) is 103 Å². The molecule has 10 heteroatoms. The van der Waals surface area contributed by atoms with Gasteiger partial charge in [0.05, 0.1) is 12.1 Å². The van der Waals surface area contributed by atoms with Crippen LogP contribution in [0.25, 0.3) is 0 Å². The Morgan fingerprint density at radius 1 is 1.30 bits per heavy atom. The second-order valence-corrected chi connectivity index (χ2v) is 7.19. The smallest absolute Gasteiger partial charge is 0.490 e. The average molecular weight is 427 g/mol. The van der Waals surface area contributed by atoms with E-state index in [1.165, 1.54) is 0 Å². The Labute approximate surface area is 172 Å². The third-order valence-corrected chi connectivity index (χ3v) is 5.00. The standard InChI is InChI=1S/C18H23N3O2.C2HF3O2/c1-13-5-2-3-7-17(13)23-12-14-8-9-16(20-14)18(22)21-10-4-6-15(21)11-19;3-2(4,5)1(6)7/h2-3,5,7,14-16,20H,4,6,8-10,12H2,1H3;(H,6,7)/t14-,15+,16+;/m1./s1. The van der Waals surface area contributed by atoms with Gasteiger partial charge in [0.1, 0.15) is 18.4 Å². The number of para-hydroxylation sites is 1. The number of nitrogens with zero attached hydrogens (tertiary/aromatic N) is 2. The monoisotopic (exact) mass is 427 g/mol. The first-order chi connectivity index (χ1) is 14.1. The van der Waals surface area contributed by atoms with Crippen molar-refractivity contribution in [1.82, 2.24) is 10.2 Å². The van der Waals surface area contributed by atoms with Gasteiger partial charge >= 0.3 is 12.1 Å². The van der Waals surface area contributed by atoms with Crippen LogP contribution in [0.5, 0.6) is 5.75 Å². The Bertz CT molecular complexity index is 794. The third kappa shape index (κ3) is 6.35. The number of hydrogen-bond acceptors (Lipinski definition) is 5. The van der Waals surface area contributed by atoms with Crippen molar-refractivity contribution in [3.8, 4) is 11.8 Å². The van der Waals surface area contributed by atoms with Crippen LogP contribution in [-0.2, 0) is 9.59 Å². The van der Waals surface area contributed by atoms with Crippen LogP contribution in [0.3, 0.4) is 0 Å². The van der Waals surface area contributed by atoms with E-state index in [-0.39, 0.29) is 24.0 Å². The summed E-state index contributed by atoms with van der Waals surface area (Å²) in [6, 6.07) is 9.96. The van der Waals surface area contributed by atoms with Gasteiger partial charge in [-0.1, -0.05) is 18.2 Å². The maximum atomic E-state index is 12.6. The van der Waals surface area contributed by atoms with Crippen LogP contribution >= 0.6 is 0 Å². The van der Waals surface area contributed by atoms with Crippen LogP contribution in [0.15, 0.2) is 24.3 Å². The molecule has 0 aromatic heterocycles. The fourth-order valence-corrected chi connectivity index (χ4v) is 3.42. The number of carboxylic acid groups (broad SMARTS) is 1. The minimum atomic E-state index is -5.08. The molecule has 1 aromatic carbocycles. The average Bonchev–Trinajstić information content (AvgIpc) is 3.36. The Kier molecular flexibility index (Phi) is 8.06. The molecule has 0 spiro atoms. The Hall–Kier alpha value is -2.80. The summed E-state index contributed by atoms with van der Waals surface area (Å²) in [4.78, 5) is 23.2. The van der Waals surface area contributed by atoms with Gasteiger partial charge in [-0.25, -0.2) is 4.79 Å². The maximum absolute atomic E-state index is 12.6. The number of nitrogens with one attached hydrogen (secondary N) is 1. The van der Waals surface area contributed by atoms with E-state index in [4.69, 9.17) is 19.9 Å². The highest BCUT2D eigenvalue weighted by atomic mass is 19.4. The minimum Gasteiger partial charge on any atom is -0.492 e. The van der Waals surface area contributed by atoms with Crippen molar-refractivity contribution >= 4 is 11.9 Å². The Balaban J connectivity index is 0.000000396. The van der Waals surface area contributed by atoms with Gasteiger partial charge < -0.3 is 14.7 Å². The Morgan fingerprint density at radius 2 is 1.97 bits per heavy atom. The fraction of sp³-hybridized carbons (Fsp3) is 0.550. The molecule has 0 unspecified atom stereocenters. The van der Waals surface area contributed by atoms with Gasteiger partial charge in [0.15, 0.2) is 0 Å². The zero-order valence-electron chi connectivity index (χ0n) is 16.5. The van der Waals surface area contributed by atoms with E-state index in [2.05, 4.69) is 11.4 Å². The number of carbonyl (C=O) groups is 2. The number of hydrogen-bond donors (Lipinski definition) is 2. The van der Waals surface area contributed by atoms with E-state index >= 15 is 0 Å². The number of halogens is 3. The molecule has 2 fully saturated rings. The predicted octanol–water partition coefficient (Wildman–Crippen LogP) is 2.64. The molecule has 2 aliphatic rings. The van der Waals surface area contributed by atoms with Crippen LogP contribution in [0.4, 0.5) is 13.2 Å². The first kappa shape index (κ1) is 23.5. The number of amides is 1. The lowest BCUT2D eigenvalue weighted by Crippen LogP contribution is -2.47. The molecule has 0 aliphatic carbocycles. The zero-order valence-corrected chi connectivity index (χ0v) is 16.5. The molecule has 1 amide bonds. The summed E-state index contributed by atoms with van der Waals surface area (Å²) in [5, 5.41) is 19.6. The number of carbonyl (C=O) groups excluding carboxylic acids is 1. The first-order valence-electron chi connectivity index (χ1n) is 9.58. The quantitative estimate of drug-likeness (QED) is 0.766. The fourth-order valence-electron chi connectivity index (χ4n) is 3.42. The largest absolute Gasteiger partial charge is 0.492 e. The first-order valence-corrected chi connectivity index (χ1v) is 9.58. The summed E-state index contributed by atoms with van der Waals surface area (Å²) in [5.41, 5.74) is 1.12. The van der Waals surface area contributed by atoms with Crippen LogP contribution in [0.1, 0.15) is 31.2 Å². The van der Waals surface area contributed by atoms with Gasteiger partial charge in [0.25, 0.3) is 0 Å². The molecule has 2 heterocycles. The number of aryl methyl sites for hydroxylation is 1. The highest BCUT2D eigenvalue weighted by molar-refractivity contribution is 5.83. The molecular formula is C20H24F3N3O4. The number of alkyl halides is 3. The summed E-state index contributed by atoms with van der Waals surface area (Å²) in [6.45, 7) is 3.30. The number of likely N-dealkylation sites (tertiary alicyclic amines) is 1. The van der Waals surface area contributed by atoms with E-state index in [9.17, 15) is 18.0 Å². The van der Waals surface area contributed by atoms with E-state index in [1.54, 1.807) is 4.90 Å². The van der Waals surface area contributed by atoms with Gasteiger partial charge in [-0.3, -0.25) is 10.1 Å². The molecule has 30 heavy (non-hydrogen) atoms.